The van der Waals surface area contributed by atoms with Crippen molar-refractivity contribution in [2.24, 2.45) is 0 Å². The van der Waals surface area contributed by atoms with Crippen molar-refractivity contribution in [3.05, 3.63) is 89.5 Å². The maximum atomic E-state index is 12.6. The molecule has 0 atom stereocenters. The summed E-state index contributed by atoms with van der Waals surface area (Å²) in [6.45, 7) is 4.82. The molecule has 2 N–H and O–H groups in total. The summed E-state index contributed by atoms with van der Waals surface area (Å²) in [7, 11) is -3.76. The fourth-order valence-corrected chi connectivity index (χ4v) is 3.83. The topological polar surface area (TPSA) is 84.5 Å². The molecule has 3 rings (SSSR count). The van der Waals surface area contributed by atoms with Gasteiger partial charge >= 0.3 is 0 Å². The molecule has 0 aliphatic heterocycles. The fourth-order valence-electron chi connectivity index (χ4n) is 2.78. The summed E-state index contributed by atoms with van der Waals surface area (Å²) in [6.07, 6.45) is 0. The Morgan fingerprint density at radius 1 is 0.900 bits per heavy atom. The van der Waals surface area contributed by atoms with E-state index < -0.39 is 10.0 Å². The highest BCUT2D eigenvalue weighted by Crippen LogP contribution is 2.20. The van der Waals surface area contributed by atoms with Crippen LogP contribution < -0.4 is 14.8 Å². The Bertz CT molecular complexity index is 1090. The first kappa shape index (κ1) is 21.4. The van der Waals surface area contributed by atoms with Crippen molar-refractivity contribution in [2.45, 2.75) is 25.3 Å². The zero-order chi connectivity index (χ0) is 21.6. The molecule has 156 valence electrons. The number of benzene rings is 3. The van der Waals surface area contributed by atoms with E-state index in [0.717, 1.165) is 11.1 Å². The molecular weight excluding hydrogens is 400 g/mol. The summed E-state index contributed by atoms with van der Waals surface area (Å²) >= 11 is 0. The number of nitrogens with one attached hydrogen (secondary N) is 2. The van der Waals surface area contributed by atoms with Crippen molar-refractivity contribution in [3.8, 4) is 5.75 Å². The van der Waals surface area contributed by atoms with E-state index in [0.29, 0.717) is 30.2 Å². The molecule has 0 aromatic heterocycles. The van der Waals surface area contributed by atoms with Crippen molar-refractivity contribution in [1.82, 2.24) is 5.32 Å². The van der Waals surface area contributed by atoms with E-state index in [1.807, 2.05) is 38.1 Å². The van der Waals surface area contributed by atoms with Crippen molar-refractivity contribution in [1.29, 1.82) is 0 Å². The molecule has 0 heterocycles. The molecule has 0 bridgehead atoms. The summed E-state index contributed by atoms with van der Waals surface area (Å²) in [5, 5.41) is 2.83. The molecule has 7 heteroatoms. The molecule has 0 aliphatic rings. The second kappa shape index (κ2) is 9.45. The molecule has 3 aromatic rings. The lowest BCUT2D eigenvalue weighted by molar-refractivity contribution is 0.0951. The second-order valence-corrected chi connectivity index (χ2v) is 8.44. The quantitative estimate of drug-likeness (QED) is 0.570. The summed E-state index contributed by atoms with van der Waals surface area (Å²) in [5.41, 5.74) is 2.97. The SMILES string of the molecule is CCOc1ccc(NS(=O)(=O)c2ccc(C(=O)NCc3ccc(C)cc3)cc2)cc1. The Labute approximate surface area is 177 Å². The summed E-state index contributed by atoms with van der Waals surface area (Å²) < 4.78 is 33.0. The Morgan fingerprint density at radius 3 is 2.13 bits per heavy atom. The molecule has 0 fully saturated rings. The van der Waals surface area contributed by atoms with E-state index in [9.17, 15) is 13.2 Å². The lowest BCUT2D eigenvalue weighted by Gasteiger charge is -2.10. The summed E-state index contributed by atoms with van der Waals surface area (Å²) in [5.74, 6) is 0.403. The van der Waals surface area contributed by atoms with Gasteiger partial charge in [0.05, 0.1) is 11.5 Å². The van der Waals surface area contributed by atoms with Crippen LogP contribution in [0.25, 0.3) is 0 Å². The molecule has 30 heavy (non-hydrogen) atoms. The van der Waals surface area contributed by atoms with Gasteiger partial charge < -0.3 is 10.1 Å². The van der Waals surface area contributed by atoms with Crippen LogP contribution in [0.3, 0.4) is 0 Å². The van der Waals surface area contributed by atoms with Gasteiger partial charge in [0.1, 0.15) is 5.75 Å². The fraction of sp³-hybridized carbons (Fsp3) is 0.174. The maximum Gasteiger partial charge on any atom is 0.261 e. The average molecular weight is 425 g/mol. The average Bonchev–Trinajstić information content (AvgIpc) is 2.74. The summed E-state index contributed by atoms with van der Waals surface area (Å²) in [4.78, 5) is 12.4. The number of anilines is 1. The minimum absolute atomic E-state index is 0.0754. The van der Waals surface area contributed by atoms with E-state index in [2.05, 4.69) is 10.0 Å². The molecule has 0 aliphatic carbocycles. The van der Waals surface area contributed by atoms with Crippen LogP contribution in [-0.2, 0) is 16.6 Å². The number of hydrogen-bond acceptors (Lipinski definition) is 4. The number of hydrogen-bond donors (Lipinski definition) is 2. The van der Waals surface area contributed by atoms with Crippen LogP contribution in [0.5, 0.6) is 5.75 Å². The number of sulfonamides is 1. The molecule has 0 spiro atoms. The third-order valence-corrected chi connectivity index (χ3v) is 5.82. The second-order valence-electron chi connectivity index (χ2n) is 6.76. The minimum atomic E-state index is -3.76. The lowest BCUT2D eigenvalue weighted by atomic mass is 10.1. The van der Waals surface area contributed by atoms with Crippen LogP contribution in [0.1, 0.15) is 28.4 Å². The van der Waals surface area contributed by atoms with E-state index >= 15 is 0 Å². The molecule has 0 unspecified atom stereocenters. The van der Waals surface area contributed by atoms with Gasteiger partial charge in [0, 0.05) is 17.8 Å². The zero-order valence-corrected chi connectivity index (χ0v) is 17.7. The van der Waals surface area contributed by atoms with Gasteiger partial charge in [-0.1, -0.05) is 29.8 Å². The normalized spacial score (nSPS) is 11.0. The number of aryl methyl sites for hydroxylation is 1. The third kappa shape index (κ3) is 5.61. The van der Waals surface area contributed by atoms with E-state index in [1.165, 1.54) is 24.3 Å². The predicted molar refractivity (Wildman–Crippen MR) is 117 cm³/mol. The number of amides is 1. The van der Waals surface area contributed by atoms with Crippen molar-refractivity contribution in [2.75, 3.05) is 11.3 Å². The highest BCUT2D eigenvalue weighted by atomic mass is 32.2. The Balaban J connectivity index is 1.63. The smallest absolute Gasteiger partial charge is 0.261 e. The first-order valence-corrected chi connectivity index (χ1v) is 11.0. The van der Waals surface area contributed by atoms with Gasteiger partial charge in [-0.25, -0.2) is 8.42 Å². The Hall–Kier alpha value is -3.32. The summed E-state index contributed by atoms with van der Waals surface area (Å²) in [6, 6.07) is 20.4. The van der Waals surface area contributed by atoms with E-state index in [1.54, 1.807) is 24.3 Å². The van der Waals surface area contributed by atoms with Gasteiger partial charge in [-0.15, -0.1) is 0 Å². The number of carbonyl (C=O) groups is 1. The highest BCUT2D eigenvalue weighted by Gasteiger charge is 2.15. The molecule has 1 amide bonds. The standard InChI is InChI=1S/C23H24N2O4S/c1-3-29-21-12-10-20(11-13-21)25-30(27,28)22-14-8-19(9-15-22)23(26)24-16-18-6-4-17(2)5-7-18/h4-15,25H,3,16H2,1-2H3,(H,24,26). The van der Waals surface area contributed by atoms with E-state index in [-0.39, 0.29) is 10.8 Å². The first-order valence-electron chi connectivity index (χ1n) is 9.57. The third-order valence-electron chi connectivity index (χ3n) is 4.42. The number of carbonyl (C=O) groups excluding carboxylic acids is 1. The van der Waals surface area contributed by atoms with Gasteiger partial charge in [0.2, 0.25) is 0 Å². The predicted octanol–water partition coefficient (Wildman–Crippen LogP) is 4.12. The van der Waals surface area contributed by atoms with Gasteiger partial charge in [-0.05, 0) is 67.9 Å². The first-order chi connectivity index (χ1) is 14.4. The van der Waals surface area contributed by atoms with E-state index in [4.69, 9.17) is 4.74 Å². The monoisotopic (exact) mass is 424 g/mol. The number of ether oxygens (including phenoxy) is 1. The highest BCUT2D eigenvalue weighted by molar-refractivity contribution is 7.92. The largest absolute Gasteiger partial charge is 0.494 e. The van der Waals surface area contributed by atoms with Crippen molar-refractivity contribution in [3.63, 3.8) is 0 Å². The molecular formula is C23H24N2O4S. The molecule has 6 nitrogen and oxygen atoms in total. The van der Waals surface area contributed by atoms with Crippen molar-refractivity contribution >= 4 is 21.6 Å². The van der Waals surface area contributed by atoms with Gasteiger partial charge in [0.25, 0.3) is 15.9 Å². The van der Waals surface area contributed by atoms with Gasteiger partial charge in [-0.3, -0.25) is 9.52 Å². The number of rotatable bonds is 8. The molecule has 0 saturated heterocycles. The lowest BCUT2D eigenvalue weighted by Crippen LogP contribution is -2.23. The molecule has 0 saturated carbocycles. The Morgan fingerprint density at radius 2 is 1.53 bits per heavy atom. The van der Waals surface area contributed by atoms with Crippen LogP contribution in [0, 0.1) is 6.92 Å². The zero-order valence-electron chi connectivity index (χ0n) is 16.9. The van der Waals surface area contributed by atoms with Crippen LogP contribution in [0.4, 0.5) is 5.69 Å². The van der Waals surface area contributed by atoms with Crippen molar-refractivity contribution < 1.29 is 17.9 Å². The van der Waals surface area contributed by atoms with Crippen LogP contribution in [0.15, 0.2) is 77.7 Å². The Kier molecular flexibility index (Phi) is 6.74. The maximum absolute atomic E-state index is 12.6. The van der Waals surface area contributed by atoms with Crippen LogP contribution >= 0.6 is 0 Å². The molecule has 0 radical (unpaired) electrons. The van der Waals surface area contributed by atoms with Crippen LogP contribution in [0.2, 0.25) is 0 Å². The minimum Gasteiger partial charge on any atom is -0.494 e. The van der Waals surface area contributed by atoms with Gasteiger partial charge in [0.15, 0.2) is 0 Å². The van der Waals surface area contributed by atoms with Gasteiger partial charge in [-0.2, -0.15) is 0 Å². The van der Waals surface area contributed by atoms with Crippen LogP contribution in [-0.4, -0.2) is 20.9 Å². The molecule has 3 aromatic carbocycles.